The van der Waals surface area contributed by atoms with Gasteiger partial charge >= 0.3 is 5.97 Å². The van der Waals surface area contributed by atoms with E-state index in [0.29, 0.717) is 17.1 Å². The van der Waals surface area contributed by atoms with Crippen molar-refractivity contribution in [2.45, 2.75) is 33.1 Å². The Morgan fingerprint density at radius 2 is 1.64 bits per heavy atom. The lowest BCUT2D eigenvalue weighted by Crippen LogP contribution is -2.24. The molecule has 3 aromatic carbocycles. The highest BCUT2D eigenvalue weighted by Gasteiger charge is 2.10. The molecule has 1 amide bonds. The Hall–Kier alpha value is -3.93. The van der Waals surface area contributed by atoms with E-state index in [4.69, 9.17) is 9.47 Å². The molecule has 0 atom stereocenters. The van der Waals surface area contributed by atoms with Crippen molar-refractivity contribution in [2.24, 2.45) is 5.10 Å². The Morgan fingerprint density at radius 1 is 0.939 bits per heavy atom. The second-order valence-corrected chi connectivity index (χ2v) is 7.60. The van der Waals surface area contributed by atoms with E-state index < -0.39 is 5.97 Å². The standard InChI is InChI=1S/C27H28N2O4/c1-3-4-8-21-10-14-23(15-11-21)32-19-26(30)29-28-18-22-12-16-24(17-13-22)33-27(31)25-9-6-5-7-20(25)2/h5-7,9-18H,3-4,8,19H2,1-2H3,(H,29,30)/b28-18-. The van der Waals surface area contributed by atoms with Crippen LogP contribution in [0.2, 0.25) is 0 Å². The summed E-state index contributed by atoms with van der Waals surface area (Å²) in [7, 11) is 0. The predicted octanol–water partition coefficient (Wildman–Crippen LogP) is 5.09. The molecule has 0 fully saturated rings. The number of nitrogens with one attached hydrogen (secondary N) is 1. The maximum Gasteiger partial charge on any atom is 0.343 e. The molecule has 0 saturated carbocycles. The fourth-order valence-corrected chi connectivity index (χ4v) is 3.08. The Morgan fingerprint density at radius 3 is 2.33 bits per heavy atom. The van der Waals surface area contributed by atoms with Crippen molar-refractivity contribution >= 4 is 18.1 Å². The molecule has 0 saturated heterocycles. The lowest BCUT2D eigenvalue weighted by atomic mass is 10.1. The molecule has 0 spiro atoms. The highest BCUT2D eigenvalue weighted by atomic mass is 16.5. The number of hydrazone groups is 1. The van der Waals surface area contributed by atoms with Gasteiger partial charge in [-0.3, -0.25) is 4.79 Å². The number of hydrogen-bond donors (Lipinski definition) is 1. The normalized spacial score (nSPS) is 10.7. The molecule has 3 rings (SSSR count). The van der Waals surface area contributed by atoms with Gasteiger partial charge in [-0.1, -0.05) is 43.7 Å². The third-order valence-electron chi connectivity index (χ3n) is 4.97. The topological polar surface area (TPSA) is 77.0 Å². The van der Waals surface area contributed by atoms with Crippen LogP contribution in [0.3, 0.4) is 0 Å². The highest BCUT2D eigenvalue weighted by molar-refractivity contribution is 5.92. The van der Waals surface area contributed by atoms with Gasteiger partial charge in [0.05, 0.1) is 11.8 Å². The zero-order chi connectivity index (χ0) is 23.5. The van der Waals surface area contributed by atoms with Crippen LogP contribution in [0.1, 0.15) is 46.8 Å². The van der Waals surface area contributed by atoms with Crippen LogP contribution >= 0.6 is 0 Å². The molecule has 0 radical (unpaired) electrons. The van der Waals surface area contributed by atoms with Crippen LogP contribution in [-0.2, 0) is 11.2 Å². The van der Waals surface area contributed by atoms with E-state index in [1.54, 1.807) is 36.4 Å². The van der Waals surface area contributed by atoms with Crippen molar-refractivity contribution < 1.29 is 19.1 Å². The first kappa shape index (κ1) is 23.7. The summed E-state index contributed by atoms with van der Waals surface area (Å²) in [6.07, 6.45) is 4.86. The van der Waals surface area contributed by atoms with Gasteiger partial charge < -0.3 is 9.47 Å². The summed E-state index contributed by atoms with van der Waals surface area (Å²) in [4.78, 5) is 24.2. The summed E-state index contributed by atoms with van der Waals surface area (Å²) in [6.45, 7) is 3.90. The number of carbonyl (C=O) groups is 2. The zero-order valence-electron chi connectivity index (χ0n) is 18.9. The van der Waals surface area contributed by atoms with E-state index in [1.165, 1.54) is 11.8 Å². The molecule has 6 heteroatoms. The SMILES string of the molecule is CCCCc1ccc(OCC(=O)N/N=C\c2ccc(OC(=O)c3ccccc3C)cc2)cc1. The number of unbranched alkanes of at least 4 members (excludes halogenated alkanes) is 1. The Bertz CT molecular complexity index is 1090. The van der Waals surface area contributed by atoms with E-state index >= 15 is 0 Å². The van der Waals surface area contributed by atoms with Gasteiger partial charge in [0.15, 0.2) is 6.61 Å². The smallest absolute Gasteiger partial charge is 0.343 e. The molecular formula is C27H28N2O4. The third kappa shape index (κ3) is 7.61. The minimum absolute atomic E-state index is 0.126. The Kier molecular flexibility index (Phi) is 8.77. The highest BCUT2D eigenvalue weighted by Crippen LogP contribution is 2.16. The summed E-state index contributed by atoms with van der Waals surface area (Å²) < 4.78 is 10.9. The van der Waals surface area contributed by atoms with Gasteiger partial charge in [0.2, 0.25) is 0 Å². The number of hydrogen-bond acceptors (Lipinski definition) is 5. The largest absolute Gasteiger partial charge is 0.484 e. The van der Waals surface area contributed by atoms with Gasteiger partial charge in [0.1, 0.15) is 11.5 Å². The van der Waals surface area contributed by atoms with Gasteiger partial charge in [0.25, 0.3) is 5.91 Å². The fourth-order valence-electron chi connectivity index (χ4n) is 3.08. The molecule has 170 valence electrons. The van der Waals surface area contributed by atoms with Crippen LogP contribution in [-0.4, -0.2) is 24.7 Å². The number of benzene rings is 3. The molecular weight excluding hydrogens is 416 g/mol. The first-order valence-electron chi connectivity index (χ1n) is 11.0. The fraction of sp³-hybridized carbons (Fsp3) is 0.222. The number of amides is 1. The van der Waals surface area contributed by atoms with Gasteiger partial charge in [-0.05, 0) is 78.9 Å². The minimum atomic E-state index is -0.405. The van der Waals surface area contributed by atoms with Crippen LogP contribution < -0.4 is 14.9 Å². The van der Waals surface area contributed by atoms with E-state index in [0.717, 1.165) is 30.4 Å². The van der Waals surface area contributed by atoms with Crippen molar-refractivity contribution in [3.05, 3.63) is 95.1 Å². The quantitative estimate of drug-likeness (QED) is 0.205. The van der Waals surface area contributed by atoms with E-state index in [1.807, 2.05) is 43.3 Å². The second kappa shape index (κ2) is 12.2. The van der Waals surface area contributed by atoms with Crippen LogP contribution in [0.5, 0.6) is 11.5 Å². The second-order valence-electron chi connectivity index (χ2n) is 7.60. The van der Waals surface area contributed by atoms with Gasteiger partial charge in [0, 0.05) is 0 Å². The first-order valence-corrected chi connectivity index (χ1v) is 11.0. The molecule has 6 nitrogen and oxygen atoms in total. The van der Waals surface area contributed by atoms with Crippen LogP contribution in [0.25, 0.3) is 0 Å². The summed E-state index contributed by atoms with van der Waals surface area (Å²) in [6, 6.07) is 21.9. The molecule has 0 heterocycles. The van der Waals surface area contributed by atoms with Crippen molar-refractivity contribution in [1.82, 2.24) is 5.43 Å². The number of ether oxygens (including phenoxy) is 2. The average Bonchev–Trinajstić information content (AvgIpc) is 2.83. The maximum atomic E-state index is 12.3. The number of nitrogens with zero attached hydrogens (tertiary/aromatic N) is 1. The van der Waals surface area contributed by atoms with E-state index in [2.05, 4.69) is 17.5 Å². The van der Waals surface area contributed by atoms with Gasteiger partial charge in [-0.15, -0.1) is 0 Å². The summed E-state index contributed by atoms with van der Waals surface area (Å²) in [5.74, 6) is 0.311. The number of rotatable bonds is 10. The van der Waals surface area contributed by atoms with Crippen molar-refractivity contribution in [2.75, 3.05) is 6.61 Å². The summed E-state index contributed by atoms with van der Waals surface area (Å²) >= 11 is 0. The molecule has 0 aliphatic carbocycles. The monoisotopic (exact) mass is 444 g/mol. The average molecular weight is 445 g/mol. The third-order valence-corrected chi connectivity index (χ3v) is 4.97. The molecule has 1 N–H and O–H groups in total. The number of aryl methyl sites for hydroxylation is 2. The molecule has 0 aromatic heterocycles. The van der Waals surface area contributed by atoms with Crippen molar-refractivity contribution in [3.63, 3.8) is 0 Å². The summed E-state index contributed by atoms with van der Waals surface area (Å²) in [5, 5.41) is 3.94. The molecule has 0 unspecified atom stereocenters. The molecule has 0 aliphatic rings. The van der Waals surface area contributed by atoms with Gasteiger partial charge in [-0.25, -0.2) is 10.2 Å². The lowest BCUT2D eigenvalue weighted by molar-refractivity contribution is -0.123. The minimum Gasteiger partial charge on any atom is -0.484 e. The van der Waals surface area contributed by atoms with E-state index in [-0.39, 0.29) is 12.5 Å². The maximum absolute atomic E-state index is 12.3. The first-order chi connectivity index (χ1) is 16.0. The zero-order valence-corrected chi connectivity index (χ0v) is 18.9. The number of carbonyl (C=O) groups excluding carboxylic acids is 2. The summed E-state index contributed by atoms with van der Waals surface area (Å²) in [5.41, 5.74) is 5.82. The van der Waals surface area contributed by atoms with Crippen LogP contribution in [0.15, 0.2) is 77.9 Å². The number of esters is 1. The van der Waals surface area contributed by atoms with Gasteiger partial charge in [-0.2, -0.15) is 5.10 Å². The lowest BCUT2D eigenvalue weighted by Gasteiger charge is -2.07. The Labute approximate surface area is 194 Å². The van der Waals surface area contributed by atoms with Crippen molar-refractivity contribution in [1.29, 1.82) is 0 Å². The van der Waals surface area contributed by atoms with E-state index in [9.17, 15) is 9.59 Å². The molecule has 0 aliphatic heterocycles. The predicted molar refractivity (Wildman–Crippen MR) is 129 cm³/mol. The molecule has 3 aromatic rings. The Balaban J connectivity index is 1.43. The van der Waals surface area contributed by atoms with Crippen LogP contribution in [0.4, 0.5) is 0 Å². The van der Waals surface area contributed by atoms with Crippen molar-refractivity contribution in [3.8, 4) is 11.5 Å². The molecule has 33 heavy (non-hydrogen) atoms. The van der Waals surface area contributed by atoms with Crippen LogP contribution in [0, 0.1) is 6.92 Å². The molecule has 0 bridgehead atoms.